The molecule has 1 saturated heterocycles. The third kappa shape index (κ3) is 4.13. The fourth-order valence-corrected chi connectivity index (χ4v) is 4.50. The van der Waals surface area contributed by atoms with Gasteiger partial charge in [0.2, 0.25) is 0 Å². The lowest BCUT2D eigenvalue weighted by atomic mass is 10.0. The van der Waals surface area contributed by atoms with Crippen molar-refractivity contribution in [3.05, 3.63) is 42.0 Å². The van der Waals surface area contributed by atoms with E-state index < -0.39 is 5.97 Å². The summed E-state index contributed by atoms with van der Waals surface area (Å²) in [6.45, 7) is 6.00. The summed E-state index contributed by atoms with van der Waals surface area (Å²) < 4.78 is 6.24. The van der Waals surface area contributed by atoms with Crippen LogP contribution in [0.15, 0.2) is 41.5 Å². The highest BCUT2D eigenvalue weighted by Gasteiger charge is 2.44. The van der Waals surface area contributed by atoms with Gasteiger partial charge in [0.05, 0.1) is 12.6 Å². The van der Waals surface area contributed by atoms with Gasteiger partial charge in [-0.3, -0.25) is 0 Å². The molecule has 154 valence electrons. The molecule has 4 rings (SSSR count). The van der Waals surface area contributed by atoms with E-state index in [0.717, 1.165) is 18.6 Å². The molecule has 2 fully saturated rings. The van der Waals surface area contributed by atoms with Gasteiger partial charge in [-0.1, -0.05) is 32.1 Å². The Bertz CT molecular complexity index is 849. The Labute approximate surface area is 170 Å². The number of likely N-dealkylation sites (tertiary alicyclic amines) is 1. The zero-order valence-corrected chi connectivity index (χ0v) is 16.8. The minimum atomic E-state index is -1.13. The van der Waals surface area contributed by atoms with Crippen molar-refractivity contribution < 1.29 is 19.4 Å². The number of hydrazone groups is 1. The number of amides is 2. The summed E-state index contributed by atoms with van der Waals surface area (Å²) in [6, 6.07) is 8.08. The number of fused-ring (bicyclic) bond motifs is 1. The number of aliphatic carboxylic acids is 1. The van der Waals surface area contributed by atoms with Crippen LogP contribution in [0.25, 0.3) is 0 Å². The Morgan fingerprint density at radius 1 is 1.21 bits per heavy atom. The van der Waals surface area contributed by atoms with Gasteiger partial charge in [0.15, 0.2) is 5.71 Å². The largest absolute Gasteiger partial charge is 0.490 e. The second-order valence-electron chi connectivity index (χ2n) is 8.42. The summed E-state index contributed by atoms with van der Waals surface area (Å²) in [6.07, 6.45) is 5.13. The Morgan fingerprint density at radius 3 is 2.59 bits per heavy atom. The van der Waals surface area contributed by atoms with Gasteiger partial charge in [0, 0.05) is 13.1 Å². The minimum Gasteiger partial charge on any atom is -0.490 e. The molecule has 2 amide bonds. The van der Waals surface area contributed by atoms with Crippen molar-refractivity contribution in [2.75, 3.05) is 19.6 Å². The third-order valence-corrected chi connectivity index (χ3v) is 6.03. The summed E-state index contributed by atoms with van der Waals surface area (Å²) in [4.78, 5) is 25.7. The highest BCUT2D eigenvalue weighted by atomic mass is 16.5. The molecule has 1 saturated carbocycles. The molecule has 0 bridgehead atoms. The van der Waals surface area contributed by atoms with Gasteiger partial charge in [-0.05, 0) is 54.4 Å². The van der Waals surface area contributed by atoms with Crippen molar-refractivity contribution in [3.63, 3.8) is 0 Å². The molecule has 7 heteroatoms. The van der Waals surface area contributed by atoms with Crippen molar-refractivity contribution in [3.8, 4) is 5.75 Å². The number of hydrogen-bond donors (Lipinski definition) is 1. The third-order valence-electron chi connectivity index (χ3n) is 6.03. The van der Waals surface area contributed by atoms with E-state index in [1.54, 1.807) is 11.0 Å². The fourth-order valence-electron chi connectivity index (χ4n) is 4.50. The lowest BCUT2D eigenvalue weighted by Gasteiger charge is -2.26. The maximum absolute atomic E-state index is 12.8. The number of carbonyl (C=O) groups is 2. The topological polar surface area (TPSA) is 82.4 Å². The number of benzene rings is 1. The predicted molar refractivity (Wildman–Crippen MR) is 109 cm³/mol. The first kappa shape index (κ1) is 19.5. The number of carbonyl (C=O) groups excluding carboxylic acids is 1. The zero-order valence-electron chi connectivity index (χ0n) is 16.8. The number of carboxylic acid groups (broad SMARTS) is 1. The number of ether oxygens (including phenoxy) is 1. The van der Waals surface area contributed by atoms with E-state index in [9.17, 15) is 9.59 Å². The van der Waals surface area contributed by atoms with E-state index in [1.165, 1.54) is 16.6 Å². The SMILES string of the molecule is CC(C)c1cccc(O[C@H]2C[C@@H]3CN(C(=O)N4CC=CC(C(=O)O)=N4)C[C@@H]3C2)c1. The average molecular weight is 397 g/mol. The molecule has 0 spiro atoms. The highest BCUT2D eigenvalue weighted by molar-refractivity contribution is 6.40. The van der Waals surface area contributed by atoms with Crippen molar-refractivity contribution in [1.29, 1.82) is 0 Å². The molecule has 2 aliphatic heterocycles. The lowest BCUT2D eigenvalue weighted by molar-refractivity contribution is -0.129. The van der Waals surface area contributed by atoms with Crippen LogP contribution in [0.4, 0.5) is 4.79 Å². The summed E-state index contributed by atoms with van der Waals surface area (Å²) in [5.74, 6) is 1.10. The Hall–Kier alpha value is -2.83. The first-order chi connectivity index (χ1) is 13.9. The van der Waals surface area contributed by atoms with Gasteiger partial charge in [-0.25, -0.2) is 14.6 Å². The first-order valence-electron chi connectivity index (χ1n) is 10.2. The van der Waals surface area contributed by atoms with E-state index in [0.29, 0.717) is 37.4 Å². The van der Waals surface area contributed by atoms with E-state index in [1.807, 2.05) is 12.1 Å². The Balaban J connectivity index is 1.33. The average Bonchev–Trinajstić information content (AvgIpc) is 3.26. The Morgan fingerprint density at radius 2 is 1.93 bits per heavy atom. The summed E-state index contributed by atoms with van der Waals surface area (Å²) in [5, 5.41) is 14.3. The minimum absolute atomic E-state index is 0.110. The quantitative estimate of drug-likeness (QED) is 0.845. The Kier molecular flexibility index (Phi) is 5.30. The maximum Gasteiger partial charge on any atom is 0.356 e. The molecule has 29 heavy (non-hydrogen) atoms. The van der Waals surface area contributed by atoms with E-state index in [4.69, 9.17) is 9.84 Å². The van der Waals surface area contributed by atoms with Crippen LogP contribution in [0.1, 0.15) is 38.2 Å². The van der Waals surface area contributed by atoms with Crippen LogP contribution >= 0.6 is 0 Å². The first-order valence-corrected chi connectivity index (χ1v) is 10.2. The molecule has 1 aliphatic carbocycles. The lowest BCUT2D eigenvalue weighted by Crippen LogP contribution is -2.42. The van der Waals surface area contributed by atoms with Gasteiger partial charge in [-0.15, -0.1) is 0 Å². The predicted octanol–water partition coefficient (Wildman–Crippen LogP) is 3.33. The van der Waals surface area contributed by atoms with Crippen molar-refractivity contribution in [1.82, 2.24) is 9.91 Å². The van der Waals surface area contributed by atoms with Crippen LogP contribution in [0.5, 0.6) is 5.75 Å². The standard InChI is InChI=1S/C22H27N3O4/c1-14(2)15-5-3-6-18(9-15)29-19-10-16-12-24(13-17(16)11-19)22(28)25-8-4-7-20(23-25)21(26)27/h3-7,9,14,16-17,19H,8,10-13H2,1-2H3,(H,26,27)/t16-,17+,19+. The van der Waals surface area contributed by atoms with E-state index in [-0.39, 0.29) is 17.8 Å². The van der Waals surface area contributed by atoms with Crippen LogP contribution in [0, 0.1) is 11.8 Å². The molecule has 2 heterocycles. The monoisotopic (exact) mass is 397 g/mol. The van der Waals surface area contributed by atoms with Crippen molar-refractivity contribution in [2.24, 2.45) is 16.9 Å². The normalized spacial score (nSPS) is 25.9. The fraction of sp³-hybridized carbons (Fsp3) is 0.500. The van der Waals surface area contributed by atoms with Crippen molar-refractivity contribution >= 4 is 17.7 Å². The summed E-state index contributed by atoms with van der Waals surface area (Å²) in [5.41, 5.74) is 1.16. The summed E-state index contributed by atoms with van der Waals surface area (Å²) in [7, 11) is 0. The number of carboxylic acids is 1. The van der Waals surface area contributed by atoms with Gasteiger partial charge in [0.25, 0.3) is 0 Å². The van der Waals surface area contributed by atoms with Gasteiger partial charge in [0.1, 0.15) is 5.75 Å². The van der Waals surface area contributed by atoms with E-state index in [2.05, 4.69) is 31.1 Å². The van der Waals surface area contributed by atoms with Crippen LogP contribution in [0.3, 0.4) is 0 Å². The number of rotatable bonds is 4. The molecule has 3 aliphatic rings. The molecule has 3 atom stereocenters. The number of urea groups is 1. The van der Waals surface area contributed by atoms with Gasteiger partial charge < -0.3 is 14.7 Å². The van der Waals surface area contributed by atoms with Gasteiger partial charge >= 0.3 is 12.0 Å². The molecule has 1 N–H and O–H groups in total. The molecule has 1 aromatic rings. The highest BCUT2D eigenvalue weighted by Crippen LogP contribution is 2.40. The maximum atomic E-state index is 12.8. The summed E-state index contributed by atoms with van der Waals surface area (Å²) >= 11 is 0. The zero-order chi connectivity index (χ0) is 20.5. The number of hydrogen-bond acceptors (Lipinski definition) is 4. The van der Waals surface area contributed by atoms with Crippen LogP contribution in [-0.2, 0) is 4.79 Å². The second-order valence-corrected chi connectivity index (χ2v) is 8.42. The van der Waals surface area contributed by atoms with Gasteiger partial charge in [-0.2, -0.15) is 5.10 Å². The smallest absolute Gasteiger partial charge is 0.356 e. The molecule has 7 nitrogen and oxygen atoms in total. The van der Waals surface area contributed by atoms with Crippen LogP contribution in [-0.4, -0.2) is 58.5 Å². The van der Waals surface area contributed by atoms with Crippen LogP contribution in [0.2, 0.25) is 0 Å². The number of nitrogens with zero attached hydrogens (tertiary/aromatic N) is 3. The second kappa shape index (κ2) is 7.89. The molecular formula is C22H27N3O4. The molecule has 0 aromatic heterocycles. The van der Waals surface area contributed by atoms with Crippen molar-refractivity contribution in [2.45, 2.75) is 38.7 Å². The van der Waals surface area contributed by atoms with E-state index >= 15 is 0 Å². The molecule has 0 radical (unpaired) electrons. The molecular weight excluding hydrogens is 370 g/mol. The molecule has 1 aromatic carbocycles. The molecule has 0 unspecified atom stereocenters. The van der Waals surface area contributed by atoms with Crippen LogP contribution < -0.4 is 4.74 Å².